The molecule has 0 saturated carbocycles. The standard InChI is InChI=1S/C44H52NO9PSSi/c1-8-50-55(47,51-9-2)32-34-20-21-36(45-30-34)28-43(46)35-26-38(29-39(27-35)54-37-22-24-40(25-23-37)56(7,48)49)53-33(3)31-52-57(44(4,5)6,41-16-12-10-13-17-41)42-18-14-11-15-19-42/h10-27,29-30,33H,8-9,28,31-32H2,1-7H3/t33-/m0/s1. The average Bonchev–Trinajstić information content (AvgIpc) is 3.16. The minimum Gasteiger partial charge on any atom is -0.488 e. The maximum Gasteiger partial charge on any atom is 0.335 e. The van der Waals surface area contributed by atoms with Crippen LogP contribution < -0.4 is 19.8 Å². The lowest BCUT2D eigenvalue weighted by molar-refractivity contribution is 0.0989. The van der Waals surface area contributed by atoms with Crippen molar-refractivity contribution in [1.82, 2.24) is 4.98 Å². The molecule has 57 heavy (non-hydrogen) atoms. The second-order valence-corrected chi connectivity index (χ2v) is 23.2. The lowest BCUT2D eigenvalue weighted by atomic mass is 10.0. The molecule has 0 N–H and O–H groups in total. The van der Waals surface area contributed by atoms with E-state index < -0.39 is 31.9 Å². The van der Waals surface area contributed by atoms with Gasteiger partial charge in [0.2, 0.25) is 0 Å². The summed E-state index contributed by atoms with van der Waals surface area (Å²) in [7, 11) is -9.57. The number of pyridine rings is 1. The minimum absolute atomic E-state index is 0.0205. The van der Waals surface area contributed by atoms with Crippen molar-refractivity contribution in [3.05, 3.63) is 138 Å². The maximum atomic E-state index is 13.9. The molecule has 302 valence electrons. The molecule has 0 bridgehead atoms. The molecule has 0 aliphatic heterocycles. The van der Waals surface area contributed by atoms with Gasteiger partial charge in [-0.05, 0) is 84.2 Å². The molecule has 10 nitrogen and oxygen atoms in total. The molecular formula is C44H52NO9PSSi. The van der Waals surface area contributed by atoms with Crippen molar-refractivity contribution in [2.24, 2.45) is 0 Å². The number of hydrogen-bond acceptors (Lipinski definition) is 10. The zero-order chi connectivity index (χ0) is 41.3. The van der Waals surface area contributed by atoms with Crippen LogP contribution in [0.25, 0.3) is 0 Å². The molecule has 1 heterocycles. The molecule has 4 aromatic carbocycles. The van der Waals surface area contributed by atoms with E-state index >= 15 is 0 Å². The monoisotopic (exact) mass is 829 g/mol. The van der Waals surface area contributed by atoms with Crippen LogP contribution in [0.15, 0.2) is 126 Å². The highest BCUT2D eigenvalue weighted by Gasteiger charge is 2.50. The molecule has 1 atom stereocenters. The number of carbonyl (C=O) groups is 1. The first-order chi connectivity index (χ1) is 27.0. The van der Waals surface area contributed by atoms with Crippen LogP contribution in [0.5, 0.6) is 17.2 Å². The molecule has 0 fully saturated rings. The first-order valence-electron chi connectivity index (χ1n) is 18.9. The van der Waals surface area contributed by atoms with Gasteiger partial charge in [-0.1, -0.05) is 87.5 Å². The molecule has 0 aliphatic rings. The van der Waals surface area contributed by atoms with E-state index in [0.717, 1.165) is 16.6 Å². The summed E-state index contributed by atoms with van der Waals surface area (Å²) in [6, 6.07) is 35.3. The summed E-state index contributed by atoms with van der Waals surface area (Å²) in [5, 5.41) is 2.08. The molecule has 5 aromatic rings. The quantitative estimate of drug-likeness (QED) is 0.0453. The summed E-state index contributed by atoms with van der Waals surface area (Å²) in [6.45, 7) is 12.9. The third-order valence-corrected chi connectivity index (χ3v) is 17.4. The Balaban J connectivity index is 1.41. The van der Waals surface area contributed by atoms with Crippen LogP contribution in [-0.4, -0.2) is 59.7 Å². The zero-order valence-corrected chi connectivity index (χ0v) is 36.3. The van der Waals surface area contributed by atoms with Crippen molar-refractivity contribution in [3.8, 4) is 17.2 Å². The average molecular weight is 830 g/mol. The normalized spacial score (nSPS) is 12.9. The Labute approximate surface area is 338 Å². The van der Waals surface area contributed by atoms with Crippen molar-refractivity contribution in [3.63, 3.8) is 0 Å². The number of hydrogen-bond donors (Lipinski definition) is 0. The Bertz CT molecular complexity index is 2200. The minimum atomic E-state index is -3.40. The number of ketones is 1. The van der Waals surface area contributed by atoms with E-state index in [4.69, 9.17) is 22.9 Å². The number of nitrogens with zero attached hydrogens (tertiary/aromatic N) is 1. The first kappa shape index (κ1) is 43.7. The van der Waals surface area contributed by atoms with Crippen molar-refractivity contribution in [2.45, 2.75) is 70.2 Å². The lowest BCUT2D eigenvalue weighted by Gasteiger charge is -2.43. The van der Waals surface area contributed by atoms with Crippen LogP contribution in [0.1, 0.15) is 63.2 Å². The van der Waals surface area contributed by atoms with E-state index in [-0.39, 0.29) is 48.1 Å². The van der Waals surface area contributed by atoms with Crippen molar-refractivity contribution >= 4 is 41.9 Å². The Morgan fingerprint density at radius 2 is 1.37 bits per heavy atom. The van der Waals surface area contributed by atoms with E-state index in [9.17, 15) is 17.8 Å². The van der Waals surface area contributed by atoms with Crippen molar-refractivity contribution in [1.29, 1.82) is 0 Å². The predicted octanol–water partition coefficient (Wildman–Crippen LogP) is 8.81. The van der Waals surface area contributed by atoms with Crippen LogP contribution in [0.3, 0.4) is 0 Å². The fraction of sp³-hybridized carbons (Fsp3) is 0.318. The topological polar surface area (TPSA) is 127 Å². The summed E-state index contributed by atoms with van der Waals surface area (Å²) in [5.41, 5.74) is 1.51. The number of benzene rings is 4. The number of aromatic nitrogens is 1. The van der Waals surface area contributed by atoms with E-state index in [1.165, 1.54) is 12.1 Å². The molecule has 1 aromatic heterocycles. The Morgan fingerprint density at radius 1 is 0.789 bits per heavy atom. The molecule has 0 amide bonds. The van der Waals surface area contributed by atoms with E-state index in [1.54, 1.807) is 62.5 Å². The van der Waals surface area contributed by atoms with Gasteiger partial charge < -0.3 is 22.9 Å². The Hall–Kier alpha value is -4.42. The van der Waals surface area contributed by atoms with Gasteiger partial charge >= 0.3 is 7.60 Å². The second-order valence-electron chi connectivity index (χ2n) is 14.8. The Kier molecular flexibility index (Phi) is 14.5. The summed E-state index contributed by atoms with van der Waals surface area (Å²) >= 11 is 0. The summed E-state index contributed by atoms with van der Waals surface area (Å²) < 4.78 is 67.8. The summed E-state index contributed by atoms with van der Waals surface area (Å²) in [4.78, 5) is 18.5. The predicted molar refractivity (Wildman–Crippen MR) is 227 cm³/mol. The van der Waals surface area contributed by atoms with Gasteiger partial charge in [-0.2, -0.15) is 0 Å². The van der Waals surface area contributed by atoms with Gasteiger partial charge in [0, 0.05) is 29.8 Å². The molecule has 5 rings (SSSR count). The Morgan fingerprint density at radius 3 is 1.88 bits per heavy atom. The van der Waals surface area contributed by atoms with E-state index in [0.29, 0.717) is 34.1 Å². The van der Waals surface area contributed by atoms with Crippen molar-refractivity contribution in [2.75, 3.05) is 26.1 Å². The molecule has 13 heteroatoms. The summed E-state index contributed by atoms with van der Waals surface area (Å²) in [5.74, 6) is 0.875. The fourth-order valence-corrected chi connectivity index (χ4v) is 13.6. The fourth-order valence-electron chi connectivity index (χ4n) is 6.69. The number of carbonyl (C=O) groups excluding carboxylic acids is 1. The molecule has 0 unspecified atom stereocenters. The number of ether oxygens (including phenoxy) is 2. The highest BCUT2D eigenvalue weighted by Crippen LogP contribution is 2.51. The largest absolute Gasteiger partial charge is 0.488 e. The third-order valence-electron chi connectivity index (χ3n) is 9.23. The molecule has 0 radical (unpaired) electrons. The number of sulfone groups is 1. The first-order valence-corrected chi connectivity index (χ1v) is 24.5. The lowest BCUT2D eigenvalue weighted by Crippen LogP contribution is -2.67. The van der Waals surface area contributed by atoms with Gasteiger partial charge in [0.1, 0.15) is 23.4 Å². The van der Waals surface area contributed by atoms with Gasteiger partial charge in [-0.3, -0.25) is 14.3 Å². The van der Waals surface area contributed by atoms with Gasteiger partial charge in [-0.15, -0.1) is 0 Å². The van der Waals surface area contributed by atoms with Crippen LogP contribution in [0.2, 0.25) is 5.04 Å². The van der Waals surface area contributed by atoms with E-state index in [1.807, 2.05) is 43.3 Å². The molecule has 0 aliphatic carbocycles. The maximum absolute atomic E-state index is 13.9. The van der Waals surface area contributed by atoms with Crippen LogP contribution in [-0.2, 0) is 40.5 Å². The molecule has 0 spiro atoms. The number of Topliss-reactive ketones (excluding diaryl/α,β-unsaturated/α-hetero) is 1. The summed E-state index contributed by atoms with van der Waals surface area (Å²) in [6.07, 6.45) is 2.34. The van der Waals surface area contributed by atoms with Gasteiger partial charge in [0.05, 0.1) is 37.3 Å². The van der Waals surface area contributed by atoms with Crippen LogP contribution >= 0.6 is 7.60 Å². The smallest absolute Gasteiger partial charge is 0.335 e. The number of rotatable bonds is 19. The SMILES string of the molecule is CCOP(=O)(Cc1ccc(CC(=O)c2cc(Oc3ccc(S(C)(=O)=O)cc3)cc(O[C@@H](C)CO[Si](c3ccccc3)(c3ccccc3)C(C)(C)C)c2)nc1)OCC. The highest BCUT2D eigenvalue weighted by atomic mass is 32.2. The van der Waals surface area contributed by atoms with E-state index in [2.05, 4.69) is 50.0 Å². The second kappa shape index (κ2) is 18.9. The third kappa shape index (κ3) is 11.4. The highest BCUT2D eigenvalue weighted by molar-refractivity contribution is 7.90. The van der Waals surface area contributed by atoms with Gasteiger partial charge in [-0.25, -0.2) is 8.42 Å². The van der Waals surface area contributed by atoms with Gasteiger partial charge in [0.25, 0.3) is 8.32 Å². The van der Waals surface area contributed by atoms with Gasteiger partial charge in [0.15, 0.2) is 15.6 Å². The van der Waals surface area contributed by atoms with Crippen LogP contribution in [0.4, 0.5) is 0 Å². The van der Waals surface area contributed by atoms with Crippen molar-refractivity contribution < 1.29 is 40.7 Å². The zero-order valence-electron chi connectivity index (χ0n) is 33.6. The van der Waals surface area contributed by atoms with Crippen LogP contribution in [0, 0.1) is 0 Å². The molecule has 0 saturated heterocycles. The molecular weight excluding hydrogens is 778 g/mol.